The molecule has 1 saturated carbocycles. The van der Waals surface area contributed by atoms with Gasteiger partial charge in [0, 0.05) is 23.7 Å². The third kappa shape index (κ3) is 3.38. The van der Waals surface area contributed by atoms with Crippen molar-refractivity contribution in [3.8, 4) is 28.5 Å². The predicted molar refractivity (Wildman–Crippen MR) is 110 cm³/mol. The van der Waals surface area contributed by atoms with Crippen LogP contribution in [0.25, 0.3) is 11.3 Å². The van der Waals surface area contributed by atoms with E-state index in [9.17, 15) is 4.79 Å². The van der Waals surface area contributed by atoms with Crippen molar-refractivity contribution in [1.29, 1.82) is 0 Å². The summed E-state index contributed by atoms with van der Waals surface area (Å²) in [4.78, 5) is 12.8. The molecule has 2 heterocycles. The van der Waals surface area contributed by atoms with E-state index in [0.29, 0.717) is 30.6 Å². The molecule has 1 aliphatic carbocycles. The number of methoxy groups -OCH3 is 2. The van der Waals surface area contributed by atoms with E-state index in [1.807, 2.05) is 23.6 Å². The van der Waals surface area contributed by atoms with Gasteiger partial charge in [0.15, 0.2) is 11.5 Å². The first-order valence-corrected chi connectivity index (χ1v) is 10.2. The maximum atomic E-state index is 12.8. The van der Waals surface area contributed by atoms with Gasteiger partial charge in [0.2, 0.25) is 0 Å². The molecule has 0 unspecified atom stereocenters. The lowest BCUT2D eigenvalue weighted by atomic mass is 9.90. The molecule has 1 aliphatic heterocycles. The summed E-state index contributed by atoms with van der Waals surface area (Å²) in [5.41, 5.74) is 4.16. The Morgan fingerprint density at radius 2 is 1.71 bits per heavy atom. The maximum Gasteiger partial charge on any atom is 0.254 e. The van der Waals surface area contributed by atoms with Gasteiger partial charge in [0.05, 0.1) is 26.5 Å². The largest absolute Gasteiger partial charge is 0.493 e. The van der Waals surface area contributed by atoms with E-state index in [1.54, 1.807) is 20.3 Å². The number of aromatic nitrogens is 1. The van der Waals surface area contributed by atoms with Crippen molar-refractivity contribution in [2.75, 3.05) is 20.8 Å². The molecule has 0 saturated heterocycles. The summed E-state index contributed by atoms with van der Waals surface area (Å²) in [6.45, 7) is 3.41. The standard InChI is InChI=1S/C23H29NO4/c1-15-19(28-14-16-7-5-4-6-8-16)13-22(25)24-10-9-17-11-20(26-2)21(27-3)12-18(17)23(15)24/h11-13,16H,4-10,14H2,1-3H3. The van der Waals surface area contributed by atoms with Crippen molar-refractivity contribution >= 4 is 0 Å². The summed E-state index contributed by atoms with van der Waals surface area (Å²) in [7, 11) is 3.28. The molecule has 28 heavy (non-hydrogen) atoms. The van der Waals surface area contributed by atoms with E-state index in [1.165, 1.54) is 37.7 Å². The second-order valence-electron chi connectivity index (χ2n) is 7.90. The van der Waals surface area contributed by atoms with E-state index in [2.05, 4.69) is 0 Å². The van der Waals surface area contributed by atoms with E-state index < -0.39 is 0 Å². The lowest BCUT2D eigenvalue weighted by molar-refractivity contribution is 0.207. The normalized spacial score (nSPS) is 16.2. The number of hydrogen-bond acceptors (Lipinski definition) is 4. The van der Waals surface area contributed by atoms with Crippen molar-refractivity contribution < 1.29 is 14.2 Å². The molecule has 5 heteroatoms. The highest BCUT2D eigenvalue weighted by Gasteiger charge is 2.24. The Bertz CT molecular complexity index is 925. The van der Waals surface area contributed by atoms with Gasteiger partial charge in [-0.15, -0.1) is 0 Å². The van der Waals surface area contributed by atoms with Crippen molar-refractivity contribution in [1.82, 2.24) is 4.57 Å². The summed E-state index contributed by atoms with van der Waals surface area (Å²) in [5.74, 6) is 2.71. The van der Waals surface area contributed by atoms with Crippen LogP contribution in [0.3, 0.4) is 0 Å². The molecular formula is C23H29NO4. The van der Waals surface area contributed by atoms with Crippen LogP contribution in [0.15, 0.2) is 23.0 Å². The SMILES string of the molecule is COc1cc2c(cc1OC)-c1c(C)c(OCC3CCCCC3)cc(=O)n1CC2. The fourth-order valence-corrected chi connectivity index (χ4v) is 4.59. The first-order valence-electron chi connectivity index (χ1n) is 10.2. The average molecular weight is 383 g/mol. The predicted octanol–water partition coefficient (Wildman–Crippen LogP) is 4.36. The van der Waals surface area contributed by atoms with Gasteiger partial charge < -0.3 is 18.8 Å². The molecule has 0 atom stereocenters. The molecule has 2 aliphatic rings. The Kier molecular flexibility index (Phi) is 5.33. The summed E-state index contributed by atoms with van der Waals surface area (Å²) in [6.07, 6.45) is 7.15. The Morgan fingerprint density at radius 3 is 2.43 bits per heavy atom. The van der Waals surface area contributed by atoms with E-state index in [4.69, 9.17) is 14.2 Å². The van der Waals surface area contributed by atoms with Crippen LogP contribution in [0.2, 0.25) is 0 Å². The third-order valence-electron chi connectivity index (χ3n) is 6.18. The van der Waals surface area contributed by atoms with Gasteiger partial charge in [0.25, 0.3) is 5.56 Å². The minimum Gasteiger partial charge on any atom is -0.493 e. The molecule has 0 bridgehead atoms. The van der Waals surface area contributed by atoms with Crippen molar-refractivity contribution in [3.05, 3.63) is 39.7 Å². The Labute approximate surface area is 166 Å². The quantitative estimate of drug-likeness (QED) is 0.770. The number of benzene rings is 1. The molecular weight excluding hydrogens is 354 g/mol. The highest BCUT2D eigenvalue weighted by Crippen LogP contribution is 2.40. The van der Waals surface area contributed by atoms with Crippen LogP contribution in [0.4, 0.5) is 0 Å². The van der Waals surface area contributed by atoms with Gasteiger partial charge in [-0.2, -0.15) is 0 Å². The topological polar surface area (TPSA) is 49.7 Å². The number of nitrogens with zero attached hydrogens (tertiary/aromatic N) is 1. The highest BCUT2D eigenvalue weighted by molar-refractivity contribution is 5.74. The molecule has 1 aromatic heterocycles. The molecule has 4 rings (SSSR count). The number of hydrogen-bond donors (Lipinski definition) is 0. The zero-order valence-corrected chi connectivity index (χ0v) is 17.0. The first kappa shape index (κ1) is 18.9. The Hall–Kier alpha value is -2.43. The van der Waals surface area contributed by atoms with Crippen LogP contribution in [0.1, 0.15) is 43.2 Å². The fraction of sp³-hybridized carbons (Fsp3) is 0.522. The van der Waals surface area contributed by atoms with Gasteiger partial charge in [-0.05, 0) is 49.8 Å². The molecule has 1 fully saturated rings. The van der Waals surface area contributed by atoms with Crippen molar-refractivity contribution in [3.63, 3.8) is 0 Å². The molecule has 5 nitrogen and oxygen atoms in total. The summed E-state index contributed by atoms with van der Waals surface area (Å²) in [5, 5.41) is 0. The number of rotatable bonds is 5. The van der Waals surface area contributed by atoms with Gasteiger partial charge in [0.1, 0.15) is 5.75 Å². The lowest BCUT2D eigenvalue weighted by Crippen LogP contribution is -2.27. The van der Waals surface area contributed by atoms with E-state index in [0.717, 1.165) is 29.0 Å². The molecule has 0 spiro atoms. The van der Waals surface area contributed by atoms with Crippen LogP contribution in [0.5, 0.6) is 17.2 Å². The lowest BCUT2D eigenvalue weighted by Gasteiger charge is -2.27. The number of ether oxygens (including phenoxy) is 3. The Balaban J connectivity index is 1.73. The maximum absolute atomic E-state index is 12.8. The second kappa shape index (κ2) is 7.90. The van der Waals surface area contributed by atoms with Crippen LogP contribution in [-0.4, -0.2) is 25.4 Å². The molecule has 2 aromatic rings. The summed E-state index contributed by atoms with van der Waals surface area (Å²) >= 11 is 0. The molecule has 150 valence electrons. The fourth-order valence-electron chi connectivity index (χ4n) is 4.59. The third-order valence-corrected chi connectivity index (χ3v) is 6.18. The summed E-state index contributed by atoms with van der Waals surface area (Å²) < 4.78 is 19.0. The summed E-state index contributed by atoms with van der Waals surface area (Å²) in [6, 6.07) is 5.67. The number of aryl methyl sites for hydroxylation is 1. The van der Waals surface area contributed by atoms with Crippen molar-refractivity contribution in [2.45, 2.75) is 52.0 Å². The van der Waals surface area contributed by atoms with Crippen molar-refractivity contribution in [2.24, 2.45) is 5.92 Å². The van der Waals surface area contributed by atoms with Crippen LogP contribution in [-0.2, 0) is 13.0 Å². The van der Waals surface area contributed by atoms with E-state index in [-0.39, 0.29) is 5.56 Å². The molecule has 1 aromatic carbocycles. The number of pyridine rings is 1. The van der Waals surface area contributed by atoms with Gasteiger partial charge in [-0.25, -0.2) is 0 Å². The van der Waals surface area contributed by atoms with E-state index >= 15 is 0 Å². The monoisotopic (exact) mass is 383 g/mol. The molecule has 0 radical (unpaired) electrons. The van der Waals surface area contributed by atoms with Gasteiger partial charge >= 0.3 is 0 Å². The zero-order valence-electron chi connectivity index (χ0n) is 17.0. The first-order chi connectivity index (χ1) is 13.6. The second-order valence-corrected chi connectivity index (χ2v) is 7.90. The van der Waals surface area contributed by atoms with Crippen LogP contribution in [0, 0.1) is 12.8 Å². The van der Waals surface area contributed by atoms with Gasteiger partial charge in [-0.3, -0.25) is 4.79 Å². The molecule has 0 amide bonds. The zero-order chi connectivity index (χ0) is 19.7. The minimum absolute atomic E-state index is 0.000297. The minimum atomic E-state index is -0.000297. The Morgan fingerprint density at radius 1 is 1.00 bits per heavy atom. The number of fused-ring (bicyclic) bond motifs is 3. The van der Waals surface area contributed by atoms with Gasteiger partial charge in [-0.1, -0.05) is 19.3 Å². The smallest absolute Gasteiger partial charge is 0.254 e. The van der Waals surface area contributed by atoms with Crippen LogP contribution >= 0.6 is 0 Å². The average Bonchev–Trinajstić information content (AvgIpc) is 2.74. The highest BCUT2D eigenvalue weighted by atomic mass is 16.5. The van der Waals surface area contributed by atoms with Crippen LogP contribution < -0.4 is 19.8 Å². The molecule has 0 N–H and O–H groups in total.